The molecule has 1 atom stereocenters. The number of hydrogen-bond acceptors (Lipinski definition) is 1. The first-order valence-corrected chi connectivity index (χ1v) is 6.50. The molecule has 0 saturated heterocycles. The zero-order valence-electron chi connectivity index (χ0n) is 9.17. The van der Waals surface area contributed by atoms with Crippen molar-refractivity contribution in [2.24, 2.45) is 0 Å². The zero-order chi connectivity index (χ0) is 12.0. The molecular formula is C12H15BrClNO. The third-order valence-electron chi connectivity index (χ3n) is 2.15. The third kappa shape index (κ3) is 4.99. The van der Waals surface area contributed by atoms with Crippen LogP contribution in [0.5, 0.6) is 0 Å². The summed E-state index contributed by atoms with van der Waals surface area (Å²) in [4.78, 5) is 11.7. The topological polar surface area (TPSA) is 29.1 Å². The Morgan fingerprint density at radius 3 is 2.94 bits per heavy atom. The minimum Gasteiger partial charge on any atom is -0.352 e. The molecule has 0 heterocycles. The van der Waals surface area contributed by atoms with E-state index in [0.717, 1.165) is 17.3 Å². The number of hydrogen-bond donors (Lipinski definition) is 1. The molecule has 0 aromatic heterocycles. The number of amides is 1. The van der Waals surface area contributed by atoms with Crippen molar-refractivity contribution in [1.29, 1.82) is 0 Å². The predicted octanol–water partition coefficient (Wildman–Crippen LogP) is 3.59. The summed E-state index contributed by atoms with van der Waals surface area (Å²) in [5.41, 5.74) is 0.674. The molecule has 1 amide bonds. The lowest BCUT2D eigenvalue weighted by Crippen LogP contribution is -2.24. The summed E-state index contributed by atoms with van der Waals surface area (Å²) in [7, 11) is 0. The van der Waals surface area contributed by atoms with E-state index in [9.17, 15) is 4.79 Å². The van der Waals surface area contributed by atoms with Crippen molar-refractivity contribution in [2.75, 3.05) is 6.54 Å². The van der Waals surface area contributed by atoms with E-state index in [1.165, 1.54) is 0 Å². The van der Waals surface area contributed by atoms with Gasteiger partial charge in [0.15, 0.2) is 0 Å². The molecule has 0 saturated carbocycles. The van der Waals surface area contributed by atoms with Gasteiger partial charge in [0.1, 0.15) is 0 Å². The van der Waals surface area contributed by atoms with E-state index in [2.05, 4.69) is 21.2 Å². The molecular weight excluding hydrogens is 289 g/mol. The number of carbonyl (C=O) groups is 1. The minimum absolute atomic E-state index is 0.0384. The Hall–Kier alpha value is -0.540. The van der Waals surface area contributed by atoms with Crippen LogP contribution in [-0.2, 0) is 0 Å². The first-order valence-electron chi connectivity index (χ1n) is 5.27. The van der Waals surface area contributed by atoms with E-state index >= 15 is 0 Å². The Morgan fingerprint density at radius 1 is 1.56 bits per heavy atom. The number of alkyl halides is 1. The Morgan fingerprint density at radius 2 is 2.31 bits per heavy atom. The molecule has 1 unspecified atom stereocenters. The predicted molar refractivity (Wildman–Crippen MR) is 71.0 cm³/mol. The van der Waals surface area contributed by atoms with Crippen LogP contribution in [0.2, 0.25) is 0 Å². The molecule has 0 fully saturated rings. The summed E-state index contributed by atoms with van der Waals surface area (Å²) >= 11 is 9.15. The Kier molecular flexibility index (Phi) is 5.85. The Bertz CT molecular complexity index is 355. The van der Waals surface area contributed by atoms with E-state index in [4.69, 9.17) is 11.6 Å². The third-order valence-corrected chi connectivity index (χ3v) is 2.86. The summed E-state index contributed by atoms with van der Waals surface area (Å²) in [5.74, 6) is -0.0384. The molecule has 88 valence electrons. The van der Waals surface area contributed by atoms with Gasteiger partial charge in [-0.3, -0.25) is 4.79 Å². The zero-order valence-corrected chi connectivity index (χ0v) is 11.5. The van der Waals surface area contributed by atoms with E-state index in [1.807, 2.05) is 19.1 Å². The number of benzene rings is 1. The van der Waals surface area contributed by atoms with Crippen molar-refractivity contribution in [3.8, 4) is 0 Å². The molecule has 0 radical (unpaired) electrons. The second kappa shape index (κ2) is 6.92. The fourth-order valence-electron chi connectivity index (χ4n) is 1.32. The summed E-state index contributed by atoms with van der Waals surface area (Å²) < 4.78 is 0.912. The van der Waals surface area contributed by atoms with Crippen LogP contribution < -0.4 is 5.32 Å². The van der Waals surface area contributed by atoms with Crippen molar-refractivity contribution in [2.45, 2.75) is 25.1 Å². The van der Waals surface area contributed by atoms with Gasteiger partial charge in [-0.25, -0.2) is 0 Å². The van der Waals surface area contributed by atoms with Gasteiger partial charge in [0, 0.05) is 22.0 Å². The number of carbonyl (C=O) groups excluding carboxylic acids is 1. The smallest absolute Gasteiger partial charge is 0.251 e. The van der Waals surface area contributed by atoms with E-state index in [-0.39, 0.29) is 11.3 Å². The summed E-state index contributed by atoms with van der Waals surface area (Å²) in [6.45, 7) is 2.63. The van der Waals surface area contributed by atoms with Crippen LogP contribution in [0.3, 0.4) is 0 Å². The van der Waals surface area contributed by atoms with Crippen molar-refractivity contribution < 1.29 is 4.79 Å². The van der Waals surface area contributed by atoms with Crippen molar-refractivity contribution in [1.82, 2.24) is 5.32 Å². The Labute approximate surface area is 110 Å². The second-order valence-electron chi connectivity index (χ2n) is 3.69. The van der Waals surface area contributed by atoms with Gasteiger partial charge >= 0.3 is 0 Å². The maximum atomic E-state index is 11.7. The molecule has 0 bridgehead atoms. The van der Waals surface area contributed by atoms with Crippen LogP contribution in [0, 0.1) is 0 Å². The van der Waals surface area contributed by atoms with Gasteiger partial charge in [-0.2, -0.15) is 0 Å². The normalized spacial score (nSPS) is 12.2. The SMILES string of the molecule is CC(Cl)CCCNC(=O)c1cccc(Br)c1. The van der Waals surface area contributed by atoms with Crippen LogP contribution in [0.1, 0.15) is 30.1 Å². The highest BCUT2D eigenvalue weighted by Crippen LogP contribution is 2.11. The quantitative estimate of drug-likeness (QED) is 0.654. The molecule has 16 heavy (non-hydrogen) atoms. The van der Waals surface area contributed by atoms with Crippen LogP contribution in [0.15, 0.2) is 28.7 Å². The largest absolute Gasteiger partial charge is 0.352 e. The van der Waals surface area contributed by atoms with Gasteiger partial charge in [-0.05, 0) is 38.0 Å². The highest BCUT2D eigenvalue weighted by atomic mass is 79.9. The number of halogens is 2. The maximum Gasteiger partial charge on any atom is 0.251 e. The molecule has 1 aromatic carbocycles. The lowest BCUT2D eigenvalue weighted by molar-refractivity contribution is 0.0953. The van der Waals surface area contributed by atoms with Gasteiger partial charge in [-0.15, -0.1) is 11.6 Å². The standard InChI is InChI=1S/C12H15BrClNO/c1-9(14)4-3-7-15-12(16)10-5-2-6-11(13)8-10/h2,5-6,8-9H,3-4,7H2,1H3,(H,15,16). The van der Waals surface area contributed by atoms with E-state index < -0.39 is 0 Å². The molecule has 1 N–H and O–H groups in total. The Balaban J connectivity index is 2.35. The number of nitrogens with one attached hydrogen (secondary N) is 1. The van der Waals surface area contributed by atoms with Gasteiger partial charge < -0.3 is 5.32 Å². The molecule has 0 aliphatic rings. The molecule has 0 aliphatic carbocycles. The maximum absolute atomic E-state index is 11.7. The van der Waals surface area contributed by atoms with Crippen molar-refractivity contribution in [3.63, 3.8) is 0 Å². The molecule has 4 heteroatoms. The van der Waals surface area contributed by atoms with Gasteiger partial charge in [0.2, 0.25) is 0 Å². The van der Waals surface area contributed by atoms with Crippen molar-refractivity contribution >= 4 is 33.4 Å². The summed E-state index contributed by atoms with van der Waals surface area (Å²) in [5, 5.41) is 3.03. The van der Waals surface area contributed by atoms with Gasteiger partial charge in [-0.1, -0.05) is 22.0 Å². The molecule has 1 rings (SSSR count). The first kappa shape index (κ1) is 13.5. The summed E-state index contributed by atoms with van der Waals surface area (Å²) in [6, 6.07) is 7.34. The molecule has 0 spiro atoms. The van der Waals surface area contributed by atoms with Crippen LogP contribution >= 0.6 is 27.5 Å². The summed E-state index contributed by atoms with van der Waals surface area (Å²) in [6.07, 6.45) is 1.82. The highest BCUT2D eigenvalue weighted by Gasteiger charge is 2.04. The lowest BCUT2D eigenvalue weighted by Gasteiger charge is -2.06. The van der Waals surface area contributed by atoms with Crippen LogP contribution in [-0.4, -0.2) is 17.8 Å². The molecule has 1 aromatic rings. The first-order chi connectivity index (χ1) is 7.59. The fraction of sp³-hybridized carbons (Fsp3) is 0.417. The number of rotatable bonds is 5. The minimum atomic E-state index is -0.0384. The molecule has 2 nitrogen and oxygen atoms in total. The monoisotopic (exact) mass is 303 g/mol. The van der Waals surface area contributed by atoms with Crippen LogP contribution in [0.25, 0.3) is 0 Å². The van der Waals surface area contributed by atoms with Gasteiger partial charge in [0.25, 0.3) is 5.91 Å². The van der Waals surface area contributed by atoms with E-state index in [1.54, 1.807) is 12.1 Å². The van der Waals surface area contributed by atoms with Gasteiger partial charge in [0.05, 0.1) is 0 Å². The fourth-order valence-corrected chi connectivity index (χ4v) is 1.87. The van der Waals surface area contributed by atoms with Crippen LogP contribution in [0.4, 0.5) is 0 Å². The second-order valence-corrected chi connectivity index (χ2v) is 5.35. The average Bonchev–Trinajstić information content (AvgIpc) is 2.24. The molecule has 0 aliphatic heterocycles. The van der Waals surface area contributed by atoms with Crippen molar-refractivity contribution in [3.05, 3.63) is 34.3 Å². The van der Waals surface area contributed by atoms with E-state index in [0.29, 0.717) is 12.1 Å². The average molecular weight is 305 g/mol. The lowest BCUT2D eigenvalue weighted by atomic mass is 10.2. The highest BCUT2D eigenvalue weighted by molar-refractivity contribution is 9.10.